The zero-order valence-electron chi connectivity index (χ0n) is 18.9. The number of methoxy groups -OCH3 is 1. The third-order valence-electron chi connectivity index (χ3n) is 5.32. The highest BCUT2D eigenvalue weighted by atomic mass is 32.2. The van der Waals surface area contributed by atoms with Gasteiger partial charge in [0.15, 0.2) is 0 Å². The number of ether oxygens (including phenoxy) is 1. The van der Waals surface area contributed by atoms with Crippen molar-refractivity contribution in [2.24, 2.45) is 4.99 Å². The first-order valence-electron chi connectivity index (χ1n) is 10.7. The Morgan fingerprint density at radius 1 is 1.06 bits per heavy atom. The summed E-state index contributed by atoms with van der Waals surface area (Å²) in [5, 5.41) is 0. The normalized spacial score (nSPS) is 15.2. The first-order valence-corrected chi connectivity index (χ1v) is 12.6. The van der Waals surface area contributed by atoms with Crippen molar-refractivity contribution in [2.75, 3.05) is 18.1 Å². The van der Waals surface area contributed by atoms with Crippen molar-refractivity contribution in [3.63, 3.8) is 0 Å². The predicted molar refractivity (Wildman–Crippen MR) is 133 cm³/mol. The maximum absolute atomic E-state index is 11.9. The molecule has 34 heavy (non-hydrogen) atoms. The molecule has 0 saturated carbocycles. The molecule has 3 aromatic heterocycles. The number of hydrogen-bond donors (Lipinski definition) is 1. The van der Waals surface area contributed by atoms with Gasteiger partial charge in [-0.3, -0.25) is 14.7 Å². The molecule has 1 aliphatic rings. The van der Waals surface area contributed by atoms with Gasteiger partial charge in [-0.2, -0.15) is 0 Å². The van der Waals surface area contributed by atoms with Crippen molar-refractivity contribution in [1.29, 1.82) is 0 Å². The highest BCUT2D eigenvalue weighted by Crippen LogP contribution is 2.43. The second-order valence-corrected chi connectivity index (χ2v) is 9.54. The number of hydrogen-bond acceptors (Lipinski definition) is 7. The summed E-state index contributed by atoms with van der Waals surface area (Å²) in [4.78, 5) is 17.7. The summed E-state index contributed by atoms with van der Waals surface area (Å²) >= 11 is 0. The van der Waals surface area contributed by atoms with Crippen molar-refractivity contribution in [3.05, 3.63) is 102 Å². The van der Waals surface area contributed by atoms with E-state index in [9.17, 15) is 8.42 Å². The van der Waals surface area contributed by atoms with E-state index in [0.29, 0.717) is 5.88 Å². The molecule has 0 bridgehead atoms. The van der Waals surface area contributed by atoms with E-state index in [1.807, 2.05) is 48.9 Å². The molecule has 9 heteroatoms. The number of sulfonamides is 1. The summed E-state index contributed by atoms with van der Waals surface area (Å²) in [6.45, 7) is 0. The summed E-state index contributed by atoms with van der Waals surface area (Å²) in [5.74, 6) is 0.195. The van der Waals surface area contributed by atoms with Crippen LogP contribution in [0.3, 0.4) is 0 Å². The zero-order valence-corrected chi connectivity index (χ0v) is 19.7. The lowest BCUT2D eigenvalue weighted by Crippen LogP contribution is -2.18. The highest BCUT2D eigenvalue weighted by Gasteiger charge is 2.31. The van der Waals surface area contributed by atoms with Crippen LogP contribution in [0.25, 0.3) is 0 Å². The Bertz CT molecular complexity index is 1340. The monoisotopic (exact) mass is 475 g/mol. The van der Waals surface area contributed by atoms with Crippen LogP contribution in [-0.2, 0) is 10.0 Å². The van der Waals surface area contributed by atoms with Gasteiger partial charge in [0.05, 0.1) is 19.1 Å². The average molecular weight is 476 g/mol. The number of rotatable bonds is 8. The van der Waals surface area contributed by atoms with Gasteiger partial charge in [0.1, 0.15) is 5.82 Å². The van der Waals surface area contributed by atoms with Crippen LogP contribution in [-0.4, -0.2) is 42.9 Å². The molecule has 0 amide bonds. The van der Waals surface area contributed by atoms with Crippen LogP contribution in [0.15, 0.2) is 90.0 Å². The lowest BCUT2D eigenvalue weighted by Gasteiger charge is -2.29. The molecular formula is C25H25N5O3S. The van der Waals surface area contributed by atoms with Crippen LogP contribution in [0.4, 0.5) is 5.82 Å². The molecule has 0 aromatic carbocycles. The van der Waals surface area contributed by atoms with Crippen molar-refractivity contribution in [3.8, 4) is 5.88 Å². The molecule has 174 valence electrons. The average Bonchev–Trinajstić information content (AvgIpc) is 3.11. The first kappa shape index (κ1) is 23.3. The summed E-state index contributed by atoms with van der Waals surface area (Å²) in [5.41, 5.74) is 3.54. The molecule has 8 nitrogen and oxygen atoms in total. The fourth-order valence-corrected chi connectivity index (χ4v) is 4.46. The largest absolute Gasteiger partial charge is 0.481 e. The molecule has 1 aliphatic heterocycles. The molecule has 0 saturated heterocycles. The molecular weight excluding hydrogens is 450 g/mol. The second kappa shape index (κ2) is 10.4. The molecule has 0 spiro atoms. The van der Waals surface area contributed by atoms with E-state index in [4.69, 9.17) is 9.72 Å². The van der Waals surface area contributed by atoms with E-state index in [-0.39, 0.29) is 17.7 Å². The Hall–Kier alpha value is -3.85. The first-order chi connectivity index (χ1) is 16.4. The van der Waals surface area contributed by atoms with Crippen LogP contribution in [0.1, 0.15) is 35.1 Å². The Kier molecular flexibility index (Phi) is 7.12. The van der Waals surface area contributed by atoms with Gasteiger partial charge in [0.25, 0.3) is 0 Å². The molecule has 2 atom stereocenters. The van der Waals surface area contributed by atoms with Gasteiger partial charge in [0, 0.05) is 55.3 Å². The van der Waals surface area contributed by atoms with Gasteiger partial charge in [-0.15, -0.1) is 0 Å². The number of pyridine rings is 3. The van der Waals surface area contributed by atoms with Gasteiger partial charge in [-0.25, -0.2) is 18.4 Å². The van der Waals surface area contributed by atoms with Crippen molar-refractivity contribution in [2.45, 2.75) is 18.3 Å². The number of aromatic nitrogens is 3. The summed E-state index contributed by atoms with van der Waals surface area (Å²) in [6, 6.07) is 13.1. The topological polar surface area (TPSA) is 106 Å². The number of anilines is 1. The van der Waals surface area contributed by atoms with Gasteiger partial charge in [-0.05, 0) is 41.0 Å². The Balaban J connectivity index is 1.94. The summed E-state index contributed by atoms with van der Waals surface area (Å²) in [6.07, 6.45) is 14.8. The number of allylic oxidation sites excluding steroid dienone is 3. The van der Waals surface area contributed by atoms with Crippen LogP contribution in [0, 0.1) is 0 Å². The van der Waals surface area contributed by atoms with Crippen molar-refractivity contribution >= 4 is 22.1 Å². The fraction of sp³-hybridized carbons (Fsp3) is 0.200. The van der Waals surface area contributed by atoms with Crippen molar-refractivity contribution in [1.82, 2.24) is 15.0 Å². The third kappa shape index (κ3) is 5.74. The van der Waals surface area contributed by atoms with E-state index >= 15 is 0 Å². The van der Waals surface area contributed by atoms with Gasteiger partial charge < -0.3 is 4.74 Å². The van der Waals surface area contributed by atoms with E-state index in [2.05, 4.69) is 31.8 Å². The predicted octanol–water partition coefficient (Wildman–Crippen LogP) is 4.08. The Morgan fingerprint density at radius 3 is 2.71 bits per heavy atom. The van der Waals surface area contributed by atoms with Gasteiger partial charge >= 0.3 is 0 Å². The molecule has 4 heterocycles. The number of aliphatic imine (C=N–C) groups is 1. The van der Waals surface area contributed by atoms with Gasteiger partial charge in [0.2, 0.25) is 15.9 Å². The smallest absolute Gasteiger partial charge is 0.230 e. The highest BCUT2D eigenvalue weighted by molar-refractivity contribution is 7.92. The maximum Gasteiger partial charge on any atom is 0.230 e. The molecule has 0 fully saturated rings. The molecule has 2 unspecified atom stereocenters. The van der Waals surface area contributed by atoms with Crippen molar-refractivity contribution < 1.29 is 13.2 Å². The molecule has 0 aliphatic carbocycles. The summed E-state index contributed by atoms with van der Waals surface area (Å²) in [7, 11) is -1.92. The lowest BCUT2D eigenvalue weighted by molar-refractivity contribution is 0.395. The minimum atomic E-state index is -3.49. The fourth-order valence-electron chi connectivity index (χ4n) is 3.97. The van der Waals surface area contributed by atoms with E-state index in [1.165, 1.54) is 0 Å². The molecule has 1 N–H and O–H groups in total. The number of nitrogens with one attached hydrogen (secondary N) is 1. The van der Waals surface area contributed by atoms with E-state index < -0.39 is 10.0 Å². The zero-order chi connectivity index (χ0) is 24.0. The van der Waals surface area contributed by atoms with Crippen LogP contribution < -0.4 is 9.46 Å². The third-order valence-corrected chi connectivity index (χ3v) is 5.90. The van der Waals surface area contributed by atoms with Gasteiger partial charge in [-0.1, -0.05) is 24.3 Å². The quantitative estimate of drug-likeness (QED) is 0.526. The van der Waals surface area contributed by atoms with Crippen LogP contribution in [0.2, 0.25) is 0 Å². The molecule has 4 rings (SSSR count). The molecule has 3 aromatic rings. The Morgan fingerprint density at radius 2 is 1.94 bits per heavy atom. The molecule has 0 radical (unpaired) electrons. The lowest BCUT2D eigenvalue weighted by atomic mass is 9.75. The summed E-state index contributed by atoms with van der Waals surface area (Å²) < 4.78 is 31.6. The van der Waals surface area contributed by atoms with E-state index in [0.717, 1.165) is 35.1 Å². The minimum Gasteiger partial charge on any atom is -0.481 e. The Labute approximate surface area is 199 Å². The maximum atomic E-state index is 11.9. The van der Waals surface area contributed by atoms with Crippen LogP contribution >= 0.6 is 0 Å². The second-order valence-electron chi connectivity index (χ2n) is 7.79. The SMILES string of the molecule is COc1cccc(C(c2ccnc(NS(C)(=O)=O)c2)C(C2=CN=CCC=C2)c2cccnc2)n1. The van der Waals surface area contributed by atoms with E-state index in [1.54, 1.807) is 31.6 Å². The number of nitrogens with zero attached hydrogens (tertiary/aromatic N) is 4. The standard InChI is InChI=1S/C25H25N5O3S/c1-33-23-10-5-9-21(29-23)25(18-11-14-28-22(15-18)30-34(2,31)32)24(20-8-6-13-27-17-20)19-7-3-4-12-26-16-19/h3,5-17,24-25H,4H2,1-2H3,(H,28,30). The minimum absolute atomic E-state index is 0.215. The van der Waals surface area contributed by atoms with Crippen LogP contribution in [0.5, 0.6) is 5.88 Å².